The summed E-state index contributed by atoms with van der Waals surface area (Å²) >= 11 is 1.83. The minimum absolute atomic E-state index is 0.502. The third-order valence-corrected chi connectivity index (χ3v) is 26.2. The van der Waals surface area contributed by atoms with Gasteiger partial charge in [0, 0.05) is 119 Å². The second-order valence-electron chi connectivity index (χ2n) is 33.4. The Kier molecular flexibility index (Phi) is 20.0. The van der Waals surface area contributed by atoms with E-state index in [1.54, 1.807) is 0 Å². The lowest BCUT2D eigenvalue weighted by molar-refractivity contribution is 0.669. The Morgan fingerprint density at radius 2 is 0.471 bits per heavy atom. The molecule has 0 aliphatic heterocycles. The SMILES string of the molecule is c1ccc(-c2cccc(-c3nc(-c4ccccc4)nc(-c4ccc(-n5c6ccccc6c6cc7sc8ccccc8c7cc65)c(-c5nc(-c6ccccc6)nc(-c6ccccc6)n5)c4)n3)c2)cc1.c1ccc(-c2nc(-c3ccc(-n4c5ccccc5c5cc6oc7ccccc7c6cc54)c(-c4nc(-c5ccccc5)nc(-c5ccccc5)n4)c3)nc(-c3ccccc3-c3ccccc3)n2)cc1. The van der Waals surface area contributed by atoms with Gasteiger partial charge in [-0.25, -0.2) is 59.8 Å². The molecule has 26 aromatic rings. The van der Waals surface area contributed by atoms with Crippen LogP contribution in [0.1, 0.15) is 0 Å². The molecule has 0 spiro atoms. The molecule has 0 aliphatic carbocycles. The van der Waals surface area contributed by atoms with Gasteiger partial charge in [0.25, 0.3) is 0 Å². The van der Waals surface area contributed by atoms with E-state index < -0.39 is 0 Å². The van der Waals surface area contributed by atoms with Crippen LogP contribution in [0.2, 0.25) is 0 Å². The summed E-state index contributed by atoms with van der Waals surface area (Å²) in [4.78, 5) is 62.8. The molecule has 18 aromatic carbocycles. The largest absolute Gasteiger partial charge is 0.456 e. The summed E-state index contributed by atoms with van der Waals surface area (Å²) in [5.41, 5.74) is 22.2. The maximum Gasteiger partial charge on any atom is 0.166 e. The molecule has 8 heterocycles. The molecule has 0 unspecified atom stereocenters. The molecule has 0 saturated heterocycles. The Labute approximate surface area is 784 Å². The Morgan fingerprint density at radius 1 is 0.154 bits per heavy atom. The second-order valence-corrected chi connectivity index (χ2v) is 34.5. The quantitative estimate of drug-likeness (QED) is 0.0893. The number of benzene rings is 18. The standard InChI is InChI=1S/C60H37N7O.C60H37N7S/c1-5-19-38(20-6-1)43-27-13-14-30-46(43)59-63-57(41-25-11-4-12-26-41)62-58(66-59)42-33-34-51(49(35-42)60-64-55(39-21-7-2-8-22-39)61-56(65-60)40-23-9-3-10-24-40)67-50-31-17-15-28-44(50)47-37-54-48(36-52(47)67)45-29-16-18-32-53(45)68-54;1-5-18-38(19-6-1)42-26-17-27-43(34-42)58-62-55(39-20-7-2-8-21-39)63-59(64-58)44-32-33-51(49(35-44)60-65-56(40-22-9-3-10-23-40)61-57(66-60)41-24-11-4-12-25-41)67-50-30-15-13-28-45(50)47-37-54-48(36-52(47)67)46-29-14-16-31-53(46)68-54/h2*1-37H. The van der Waals surface area contributed by atoms with Crippen LogP contribution >= 0.6 is 11.3 Å². The Morgan fingerprint density at radius 3 is 0.919 bits per heavy atom. The van der Waals surface area contributed by atoms with Gasteiger partial charge < -0.3 is 13.6 Å². The number of furan rings is 1. The van der Waals surface area contributed by atoms with Crippen LogP contribution in [0.3, 0.4) is 0 Å². The van der Waals surface area contributed by atoms with Crippen LogP contribution in [0.5, 0.6) is 0 Å². The third kappa shape index (κ3) is 14.8. The van der Waals surface area contributed by atoms with Crippen molar-refractivity contribution in [1.29, 1.82) is 0 Å². The Bertz CT molecular complexity index is 8980. The lowest BCUT2D eigenvalue weighted by Crippen LogP contribution is -2.05. The van der Waals surface area contributed by atoms with Gasteiger partial charge in [-0.15, -0.1) is 11.3 Å². The first-order valence-corrected chi connectivity index (χ1v) is 45.9. The number of para-hydroxylation sites is 3. The van der Waals surface area contributed by atoms with Crippen molar-refractivity contribution >= 4 is 97.1 Å². The van der Waals surface area contributed by atoms with E-state index in [0.717, 1.165) is 161 Å². The maximum atomic E-state index is 6.45. The Hall–Kier alpha value is -18.4. The molecule has 0 radical (unpaired) electrons. The first kappa shape index (κ1) is 79.8. The van der Waals surface area contributed by atoms with E-state index in [-0.39, 0.29) is 0 Å². The van der Waals surface area contributed by atoms with Gasteiger partial charge in [0.15, 0.2) is 69.9 Å². The minimum atomic E-state index is 0.502. The van der Waals surface area contributed by atoms with E-state index in [9.17, 15) is 0 Å². The molecule has 8 aromatic heterocycles. The second kappa shape index (κ2) is 34.2. The van der Waals surface area contributed by atoms with Crippen molar-refractivity contribution in [2.75, 3.05) is 0 Å². The molecule has 0 aliphatic rings. The van der Waals surface area contributed by atoms with Crippen molar-refractivity contribution < 1.29 is 4.42 Å². The summed E-state index contributed by atoms with van der Waals surface area (Å²) in [6.45, 7) is 0. The smallest absolute Gasteiger partial charge is 0.166 e. The van der Waals surface area contributed by atoms with Gasteiger partial charge >= 0.3 is 0 Å². The summed E-state index contributed by atoms with van der Waals surface area (Å²) in [5.74, 6) is 6.62. The van der Waals surface area contributed by atoms with E-state index >= 15 is 0 Å². The van der Waals surface area contributed by atoms with E-state index in [2.05, 4.69) is 228 Å². The lowest BCUT2D eigenvalue weighted by Gasteiger charge is -2.16. The fourth-order valence-corrected chi connectivity index (χ4v) is 19.7. The van der Waals surface area contributed by atoms with Crippen LogP contribution < -0.4 is 0 Å². The molecule has 26 rings (SSSR count). The zero-order chi connectivity index (χ0) is 89.9. The summed E-state index contributed by atoms with van der Waals surface area (Å²) in [7, 11) is 0. The van der Waals surface area contributed by atoms with Gasteiger partial charge in [-0.1, -0.05) is 358 Å². The molecule has 0 bridgehead atoms. The van der Waals surface area contributed by atoms with Crippen molar-refractivity contribution in [3.05, 3.63) is 449 Å². The highest BCUT2D eigenvalue weighted by Gasteiger charge is 2.28. The molecule has 15 nitrogen and oxygen atoms in total. The van der Waals surface area contributed by atoms with Gasteiger partial charge in [0.1, 0.15) is 11.2 Å². The van der Waals surface area contributed by atoms with Crippen LogP contribution in [0, 0.1) is 0 Å². The maximum absolute atomic E-state index is 6.45. The highest BCUT2D eigenvalue weighted by molar-refractivity contribution is 7.25. The first-order valence-electron chi connectivity index (χ1n) is 45.1. The fourth-order valence-electron chi connectivity index (χ4n) is 18.6. The van der Waals surface area contributed by atoms with Crippen LogP contribution in [-0.2, 0) is 0 Å². The topological polar surface area (TPSA) is 178 Å². The molecule has 636 valence electrons. The molecule has 16 heteroatoms. The van der Waals surface area contributed by atoms with Gasteiger partial charge in [-0.2, -0.15) is 0 Å². The zero-order valence-corrected chi connectivity index (χ0v) is 73.6. The van der Waals surface area contributed by atoms with Crippen LogP contribution in [0.25, 0.3) is 256 Å². The molecular weight excluding hydrogens is 1690 g/mol. The van der Waals surface area contributed by atoms with Gasteiger partial charge in [0.2, 0.25) is 0 Å². The number of fused-ring (bicyclic) bond motifs is 12. The number of aromatic nitrogens is 14. The predicted octanol–water partition coefficient (Wildman–Crippen LogP) is 29.9. The monoisotopic (exact) mass is 1760 g/mol. The number of nitrogens with zero attached hydrogens (tertiary/aromatic N) is 14. The average Bonchev–Trinajstić information content (AvgIpc) is 1.56. The van der Waals surface area contributed by atoms with Crippen molar-refractivity contribution in [2.45, 2.75) is 0 Å². The van der Waals surface area contributed by atoms with Crippen LogP contribution in [-0.4, -0.2) is 68.9 Å². The van der Waals surface area contributed by atoms with E-state index in [0.29, 0.717) is 69.9 Å². The Balaban J connectivity index is 0.000000145. The third-order valence-electron chi connectivity index (χ3n) is 25.0. The van der Waals surface area contributed by atoms with Crippen LogP contribution in [0.15, 0.2) is 453 Å². The summed E-state index contributed by atoms with van der Waals surface area (Å²) in [6.07, 6.45) is 0. The first-order chi connectivity index (χ1) is 67.4. The van der Waals surface area contributed by atoms with Crippen molar-refractivity contribution in [3.63, 3.8) is 0 Å². The van der Waals surface area contributed by atoms with Crippen molar-refractivity contribution in [3.8, 4) is 170 Å². The molecule has 0 N–H and O–H groups in total. The highest BCUT2D eigenvalue weighted by atomic mass is 32.1. The summed E-state index contributed by atoms with van der Waals surface area (Å²) in [5, 5.41) is 9.06. The van der Waals surface area contributed by atoms with Crippen LogP contribution in [0.4, 0.5) is 0 Å². The highest BCUT2D eigenvalue weighted by Crippen LogP contribution is 2.47. The molecule has 0 atom stereocenters. The number of hydrogen-bond acceptors (Lipinski definition) is 14. The predicted molar refractivity (Wildman–Crippen MR) is 551 cm³/mol. The normalized spacial score (nSPS) is 11.5. The summed E-state index contributed by atoms with van der Waals surface area (Å²) < 4.78 is 13.7. The van der Waals surface area contributed by atoms with Gasteiger partial charge in [-0.05, 0) is 113 Å². The molecule has 0 saturated carbocycles. The molecular formula is C120H74N14OS. The fraction of sp³-hybridized carbons (Fsp3) is 0. The molecule has 0 fully saturated rings. The lowest BCUT2D eigenvalue weighted by atomic mass is 9.99. The number of rotatable bonds is 16. The molecule has 0 amide bonds. The molecule has 136 heavy (non-hydrogen) atoms. The van der Waals surface area contributed by atoms with E-state index in [1.807, 2.05) is 242 Å². The van der Waals surface area contributed by atoms with Crippen molar-refractivity contribution in [1.82, 2.24) is 68.9 Å². The zero-order valence-electron chi connectivity index (χ0n) is 72.8. The van der Waals surface area contributed by atoms with Crippen molar-refractivity contribution in [2.24, 2.45) is 0 Å². The minimum Gasteiger partial charge on any atom is -0.456 e. The number of thiophene rings is 1. The van der Waals surface area contributed by atoms with E-state index in [1.165, 1.54) is 25.6 Å². The van der Waals surface area contributed by atoms with Gasteiger partial charge in [0.05, 0.1) is 33.4 Å². The number of hydrogen-bond donors (Lipinski definition) is 0. The average molecular weight is 1760 g/mol. The van der Waals surface area contributed by atoms with E-state index in [4.69, 9.17) is 64.2 Å². The summed E-state index contributed by atoms with van der Waals surface area (Å²) in [6, 6.07) is 154. The van der Waals surface area contributed by atoms with Gasteiger partial charge in [-0.3, -0.25) is 0 Å².